The fourth-order valence-electron chi connectivity index (χ4n) is 3.44. The van der Waals surface area contributed by atoms with Gasteiger partial charge in [0.15, 0.2) is 5.78 Å². The first-order valence-electron chi connectivity index (χ1n) is 8.72. The molecule has 26 heavy (non-hydrogen) atoms. The van der Waals surface area contributed by atoms with E-state index in [-0.39, 0.29) is 11.5 Å². The molecule has 3 heteroatoms. The molecule has 1 heterocycles. The van der Waals surface area contributed by atoms with Gasteiger partial charge in [-0.25, -0.2) is 0 Å². The normalized spacial score (nSPS) is 11.0. The fourth-order valence-corrected chi connectivity index (χ4v) is 3.44. The minimum Gasteiger partial charge on any atom is -0.508 e. The summed E-state index contributed by atoms with van der Waals surface area (Å²) < 4.78 is 2.10. The molecule has 0 spiro atoms. The minimum absolute atomic E-state index is 0.123. The van der Waals surface area contributed by atoms with Crippen LogP contribution in [0.2, 0.25) is 0 Å². The predicted molar refractivity (Wildman–Crippen MR) is 105 cm³/mol. The number of phenols is 1. The van der Waals surface area contributed by atoms with E-state index in [0.29, 0.717) is 6.42 Å². The number of carbonyl (C=O) groups excluding carboxylic acids is 1. The summed E-state index contributed by atoms with van der Waals surface area (Å²) in [6.45, 7) is 1.89. The molecule has 0 amide bonds. The van der Waals surface area contributed by atoms with E-state index < -0.39 is 0 Å². The lowest BCUT2D eigenvalue weighted by molar-refractivity contribution is 0.0990. The van der Waals surface area contributed by atoms with Crippen LogP contribution in [0, 0.1) is 0 Å². The smallest absolute Gasteiger partial charge is 0.165 e. The number of benzene rings is 3. The lowest BCUT2D eigenvalue weighted by atomic mass is 10.0. The molecule has 0 aliphatic carbocycles. The second kappa shape index (κ2) is 6.52. The average molecular weight is 341 g/mol. The van der Waals surface area contributed by atoms with E-state index in [9.17, 15) is 9.90 Å². The zero-order valence-electron chi connectivity index (χ0n) is 14.5. The third kappa shape index (κ3) is 2.58. The molecule has 0 fully saturated rings. The van der Waals surface area contributed by atoms with E-state index in [4.69, 9.17) is 0 Å². The number of rotatable bonds is 4. The molecule has 0 unspecified atom stereocenters. The number of aromatic hydroxyl groups is 1. The number of fused-ring (bicyclic) bond motifs is 1. The second-order valence-electron chi connectivity index (χ2n) is 6.24. The van der Waals surface area contributed by atoms with Crippen molar-refractivity contribution in [2.75, 3.05) is 0 Å². The van der Waals surface area contributed by atoms with Crippen LogP contribution in [0.5, 0.6) is 5.75 Å². The maximum Gasteiger partial charge on any atom is 0.165 e. The van der Waals surface area contributed by atoms with E-state index in [1.807, 2.05) is 73.7 Å². The molecule has 0 aliphatic rings. The van der Waals surface area contributed by atoms with Crippen molar-refractivity contribution >= 4 is 16.7 Å². The van der Waals surface area contributed by atoms with Crippen LogP contribution in [-0.2, 0) is 0 Å². The first-order chi connectivity index (χ1) is 12.7. The summed E-state index contributed by atoms with van der Waals surface area (Å²) in [4.78, 5) is 12.9. The third-order valence-electron chi connectivity index (χ3n) is 4.63. The number of aromatic nitrogens is 1. The quantitative estimate of drug-likeness (QED) is 0.491. The summed E-state index contributed by atoms with van der Waals surface area (Å²) in [5.74, 6) is 0.342. The summed E-state index contributed by atoms with van der Waals surface area (Å²) in [6.07, 6.45) is 0.448. The number of hydrogen-bond donors (Lipinski definition) is 1. The molecular formula is C23H19NO2. The monoisotopic (exact) mass is 341 g/mol. The van der Waals surface area contributed by atoms with Crippen LogP contribution in [-0.4, -0.2) is 15.5 Å². The van der Waals surface area contributed by atoms with Gasteiger partial charge in [0.25, 0.3) is 0 Å². The predicted octanol–water partition coefficient (Wildman–Crippen LogP) is 5.60. The highest BCUT2D eigenvalue weighted by Crippen LogP contribution is 2.37. The average Bonchev–Trinajstić information content (AvgIpc) is 3.04. The molecule has 0 atom stereocenters. The number of ketones is 1. The molecule has 0 saturated heterocycles. The van der Waals surface area contributed by atoms with Crippen molar-refractivity contribution in [3.63, 3.8) is 0 Å². The standard InChI is InChI=1S/C23H19NO2/c1-2-21(26)22-19-10-6-7-11-20(19)24(17-12-14-18(25)15-13-17)23(22)16-8-4-3-5-9-16/h3-15,25H,2H2,1H3. The minimum atomic E-state index is 0.123. The van der Waals surface area contributed by atoms with E-state index in [1.165, 1.54) is 0 Å². The van der Waals surface area contributed by atoms with Crippen molar-refractivity contribution < 1.29 is 9.90 Å². The van der Waals surface area contributed by atoms with Gasteiger partial charge in [0.1, 0.15) is 5.75 Å². The van der Waals surface area contributed by atoms with Gasteiger partial charge in [0.05, 0.1) is 16.8 Å². The Kier molecular flexibility index (Phi) is 4.05. The van der Waals surface area contributed by atoms with Crippen molar-refractivity contribution in [1.29, 1.82) is 0 Å². The zero-order chi connectivity index (χ0) is 18.1. The first-order valence-corrected chi connectivity index (χ1v) is 8.72. The Bertz CT molecular complexity index is 1080. The van der Waals surface area contributed by atoms with Crippen molar-refractivity contribution in [3.05, 3.63) is 84.4 Å². The second-order valence-corrected chi connectivity index (χ2v) is 6.24. The van der Waals surface area contributed by atoms with E-state index >= 15 is 0 Å². The molecule has 3 nitrogen and oxygen atoms in total. The van der Waals surface area contributed by atoms with Gasteiger partial charge >= 0.3 is 0 Å². The number of para-hydroxylation sites is 1. The molecule has 0 bridgehead atoms. The Balaban J connectivity index is 2.15. The summed E-state index contributed by atoms with van der Waals surface area (Å²) >= 11 is 0. The molecule has 4 rings (SSSR count). The summed E-state index contributed by atoms with van der Waals surface area (Å²) in [6, 6.07) is 25.0. The molecule has 0 aliphatic heterocycles. The SMILES string of the molecule is CCC(=O)c1c(-c2ccccc2)n(-c2ccc(O)cc2)c2ccccc12. The van der Waals surface area contributed by atoms with Crippen molar-refractivity contribution in [1.82, 2.24) is 4.57 Å². The van der Waals surface area contributed by atoms with Crippen molar-refractivity contribution in [3.8, 4) is 22.7 Å². The number of phenolic OH excluding ortho intramolecular Hbond substituents is 1. The van der Waals surface area contributed by atoms with Crippen LogP contribution >= 0.6 is 0 Å². The van der Waals surface area contributed by atoms with Gasteiger partial charge in [-0.05, 0) is 35.9 Å². The van der Waals surface area contributed by atoms with Gasteiger partial charge in [-0.15, -0.1) is 0 Å². The van der Waals surface area contributed by atoms with Crippen LogP contribution in [0.3, 0.4) is 0 Å². The highest BCUT2D eigenvalue weighted by molar-refractivity contribution is 6.14. The van der Waals surface area contributed by atoms with E-state index in [0.717, 1.165) is 33.4 Å². The Morgan fingerprint density at radius 2 is 1.54 bits per heavy atom. The van der Waals surface area contributed by atoms with Gasteiger partial charge in [-0.1, -0.05) is 55.5 Å². The van der Waals surface area contributed by atoms with Gasteiger partial charge in [0, 0.05) is 17.5 Å². The molecule has 3 aromatic carbocycles. The maximum absolute atomic E-state index is 12.9. The number of nitrogens with zero attached hydrogens (tertiary/aromatic N) is 1. The summed E-state index contributed by atoms with van der Waals surface area (Å²) in [7, 11) is 0. The van der Waals surface area contributed by atoms with Gasteiger partial charge < -0.3 is 9.67 Å². The number of hydrogen-bond acceptors (Lipinski definition) is 2. The maximum atomic E-state index is 12.9. The van der Waals surface area contributed by atoms with Crippen LogP contribution in [0.15, 0.2) is 78.9 Å². The van der Waals surface area contributed by atoms with Gasteiger partial charge in [-0.2, -0.15) is 0 Å². The molecular weight excluding hydrogens is 322 g/mol. The lowest BCUT2D eigenvalue weighted by Crippen LogP contribution is -2.02. The summed E-state index contributed by atoms with van der Waals surface area (Å²) in [5.41, 5.74) is 4.53. The van der Waals surface area contributed by atoms with Gasteiger partial charge in [0.2, 0.25) is 0 Å². The number of carbonyl (C=O) groups is 1. The fraction of sp³-hybridized carbons (Fsp3) is 0.0870. The molecule has 4 aromatic rings. The van der Waals surface area contributed by atoms with E-state index in [1.54, 1.807) is 12.1 Å². The molecule has 0 saturated carbocycles. The summed E-state index contributed by atoms with van der Waals surface area (Å²) in [5, 5.41) is 10.6. The Hall–Kier alpha value is -3.33. The lowest BCUT2D eigenvalue weighted by Gasteiger charge is -2.13. The molecule has 128 valence electrons. The van der Waals surface area contributed by atoms with Crippen LogP contribution in [0.25, 0.3) is 27.8 Å². The highest BCUT2D eigenvalue weighted by Gasteiger charge is 2.23. The van der Waals surface area contributed by atoms with Crippen molar-refractivity contribution in [2.24, 2.45) is 0 Å². The van der Waals surface area contributed by atoms with Crippen LogP contribution < -0.4 is 0 Å². The largest absolute Gasteiger partial charge is 0.508 e. The molecule has 0 radical (unpaired) electrons. The number of Topliss-reactive ketones (excluding diaryl/α,β-unsaturated/α-hetero) is 1. The third-order valence-corrected chi connectivity index (χ3v) is 4.63. The first kappa shape index (κ1) is 16.2. The van der Waals surface area contributed by atoms with Crippen LogP contribution in [0.1, 0.15) is 23.7 Å². The molecule has 1 N–H and O–H groups in total. The molecule has 1 aromatic heterocycles. The Morgan fingerprint density at radius 1 is 0.885 bits per heavy atom. The van der Waals surface area contributed by atoms with Crippen molar-refractivity contribution in [2.45, 2.75) is 13.3 Å². The van der Waals surface area contributed by atoms with Gasteiger partial charge in [-0.3, -0.25) is 4.79 Å². The Morgan fingerprint density at radius 3 is 2.23 bits per heavy atom. The van der Waals surface area contributed by atoms with Crippen LogP contribution in [0.4, 0.5) is 0 Å². The highest BCUT2D eigenvalue weighted by atomic mass is 16.3. The van der Waals surface area contributed by atoms with E-state index in [2.05, 4.69) is 4.57 Å². The topological polar surface area (TPSA) is 42.2 Å². The Labute approximate surface area is 152 Å². The zero-order valence-corrected chi connectivity index (χ0v) is 14.5.